The highest BCUT2D eigenvalue weighted by Gasteiger charge is 2.15. The van der Waals surface area contributed by atoms with Crippen molar-refractivity contribution in [2.24, 2.45) is 5.92 Å². The number of rotatable bonds is 10. The Morgan fingerprint density at radius 2 is 2.19 bits per heavy atom. The maximum Gasteiger partial charge on any atom is 0.267 e. The third kappa shape index (κ3) is 5.91. The van der Waals surface area contributed by atoms with Gasteiger partial charge in [0, 0.05) is 25.4 Å². The number of amides is 1. The third-order valence-corrected chi connectivity index (χ3v) is 4.58. The highest BCUT2D eigenvalue weighted by molar-refractivity contribution is 5.90. The topological polar surface area (TPSA) is 69.9 Å². The molecule has 6 heteroatoms. The predicted molar refractivity (Wildman–Crippen MR) is 109 cm³/mol. The van der Waals surface area contributed by atoms with Gasteiger partial charge in [0.15, 0.2) is 0 Å². The Labute approximate surface area is 161 Å². The number of nitrogens with one attached hydrogen (secondary N) is 1. The summed E-state index contributed by atoms with van der Waals surface area (Å²) in [5.74, 6) is 0.0763. The van der Waals surface area contributed by atoms with Gasteiger partial charge in [0.25, 0.3) is 5.91 Å². The minimum atomic E-state index is -0.546. The average molecular weight is 373 g/mol. The zero-order valence-corrected chi connectivity index (χ0v) is 16.9. The Morgan fingerprint density at radius 1 is 1.41 bits per heavy atom. The molecule has 0 spiro atoms. The summed E-state index contributed by atoms with van der Waals surface area (Å²) in [6.45, 7) is 11.8. The van der Waals surface area contributed by atoms with E-state index in [1.807, 2.05) is 18.3 Å². The lowest BCUT2D eigenvalue weighted by Gasteiger charge is -2.23. The first-order valence-electron chi connectivity index (χ1n) is 9.82. The standard InChI is InChI=1S/C21H32N4O2/c1-5-7-8-18-19(15-24(6-2)14-16(3)4)25-12-11-17(13-20(25)22-18)9-10-21(26)23-27/h9-13,16,27H,5-8,14-15H2,1-4H3,(H,23,26). The van der Waals surface area contributed by atoms with Crippen molar-refractivity contribution in [2.75, 3.05) is 13.1 Å². The summed E-state index contributed by atoms with van der Waals surface area (Å²) >= 11 is 0. The number of aryl methyl sites for hydroxylation is 1. The number of aromatic nitrogens is 2. The van der Waals surface area contributed by atoms with Crippen LogP contribution in [-0.4, -0.2) is 38.5 Å². The molecule has 0 saturated carbocycles. The molecule has 2 aromatic rings. The molecule has 0 aliphatic rings. The van der Waals surface area contributed by atoms with E-state index in [-0.39, 0.29) is 0 Å². The summed E-state index contributed by atoms with van der Waals surface area (Å²) in [6, 6.07) is 3.93. The molecule has 27 heavy (non-hydrogen) atoms. The molecule has 2 rings (SSSR count). The van der Waals surface area contributed by atoms with E-state index in [0.29, 0.717) is 5.92 Å². The fourth-order valence-corrected chi connectivity index (χ4v) is 3.22. The van der Waals surface area contributed by atoms with Crippen LogP contribution in [-0.2, 0) is 17.8 Å². The van der Waals surface area contributed by atoms with E-state index in [0.717, 1.165) is 55.8 Å². The highest BCUT2D eigenvalue weighted by Crippen LogP contribution is 2.19. The van der Waals surface area contributed by atoms with Gasteiger partial charge in [-0.3, -0.25) is 14.9 Å². The van der Waals surface area contributed by atoms with E-state index in [2.05, 4.69) is 37.0 Å². The summed E-state index contributed by atoms with van der Waals surface area (Å²) in [4.78, 5) is 18.5. The lowest BCUT2D eigenvalue weighted by molar-refractivity contribution is -0.124. The largest absolute Gasteiger partial charge is 0.302 e. The Morgan fingerprint density at radius 3 is 2.81 bits per heavy atom. The number of hydroxylamine groups is 1. The Kier molecular flexibility index (Phi) is 8.00. The molecule has 0 saturated heterocycles. The van der Waals surface area contributed by atoms with Crippen LogP contribution >= 0.6 is 0 Å². The van der Waals surface area contributed by atoms with Crippen LogP contribution in [0.5, 0.6) is 0 Å². The number of nitrogens with zero attached hydrogens (tertiary/aromatic N) is 3. The molecular weight excluding hydrogens is 340 g/mol. The summed E-state index contributed by atoms with van der Waals surface area (Å²) in [5, 5.41) is 8.60. The SMILES string of the molecule is CCCCc1nc2cc(C=CC(=O)NO)ccn2c1CN(CC)CC(C)C. The number of fused-ring (bicyclic) bond motifs is 1. The van der Waals surface area contributed by atoms with Gasteiger partial charge < -0.3 is 4.40 Å². The van der Waals surface area contributed by atoms with Crippen molar-refractivity contribution in [3.8, 4) is 0 Å². The Bertz CT molecular complexity index is 780. The van der Waals surface area contributed by atoms with Crippen molar-refractivity contribution in [1.82, 2.24) is 19.8 Å². The number of carbonyl (C=O) groups excluding carboxylic acids is 1. The molecule has 0 unspecified atom stereocenters. The molecule has 2 aromatic heterocycles. The molecule has 0 atom stereocenters. The molecule has 0 bridgehead atoms. The van der Waals surface area contributed by atoms with Crippen LogP contribution in [0.2, 0.25) is 0 Å². The van der Waals surface area contributed by atoms with Crippen LogP contribution in [0.25, 0.3) is 11.7 Å². The summed E-state index contributed by atoms with van der Waals surface area (Å²) in [7, 11) is 0. The fraction of sp³-hybridized carbons (Fsp3) is 0.524. The van der Waals surface area contributed by atoms with Crippen LogP contribution < -0.4 is 5.48 Å². The second-order valence-electron chi connectivity index (χ2n) is 7.33. The zero-order chi connectivity index (χ0) is 19.8. The van der Waals surface area contributed by atoms with Crippen LogP contribution in [0, 0.1) is 5.92 Å². The molecule has 0 fully saturated rings. The summed E-state index contributed by atoms with van der Waals surface area (Å²) in [5.41, 5.74) is 5.78. The monoisotopic (exact) mass is 372 g/mol. The summed E-state index contributed by atoms with van der Waals surface area (Å²) in [6.07, 6.45) is 8.23. The number of pyridine rings is 1. The summed E-state index contributed by atoms with van der Waals surface area (Å²) < 4.78 is 2.16. The maximum absolute atomic E-state index is 11.2. The quantitative estimate of drug-likeness (QED) is 0.379. The van der Waals surface area contributed by atoms with Crippen molar-refractivity contribution in [3.63, 3.8) is 0 Å². The van der Waals surface area contributed by atoms with Crippen LogP contribution in [0.1, 0.15) is 57.5 Å². The minimum Gasteiger partial charge on any atom is -0.302 e. The first-order chi connectivity index (χ1) is 13.0. The number of hydrogen-bond acceptors (Lipinski definition) is 4. The highest BCUT2D eigenvalue weighted by atomic mass is 16.5. The van der Waals surface area contributed by atoms with Crippen LogP contribution in [0.4, 0.5) is 0 Å². The first kappa shape index (κ1) is 21.1. The zero-order valence-electron chi connectivity index (χ0n) is 16.9. The second-order valence-corrected chi connectivity index (χ2v) is 7.33. The third-order valence-electron chi connectivity index (χ3n) is 4.58. The molecular formula is C21H32N4O2. The molecule has 0 aliphatic heterocycles. The average Bonchev–Trinajstić information content (AvgIpc) is 2.99. The Hall–Kier alpha value is -2.18. The first-order valence-corrected chi connectivity index (χ1v) is 9.82. The van der Waals surface area contributed by atoms with Gasteiger partial charge in [0.2, 0.25) is 0 Å². The van der Waals surface area contributed by atoms with Gasteiger partial charge in [0.1, 0.15) is 5.65 Å². The van der Waals surface area contributed by atoms with Gasteiger partial charge in [-0.25, -0.2) is 10.5 Å². The van der Waals surface area contributed by atoms with E-state index in [1.165, 1.54) is 11.8 Å². The minimum absolute atomic E-state index is 0.546. The van der Waals surface area contributed by atoms with E-state index < -0.39 is 5.91 Å². The molecule has 0 radical (unpaired) electrons. The number of hydrogen-bond donors (Lipinski definition) is 2. The smallest absolute Gasteiger partial charge is 0.267 e. The van der Waals surface area contributed by atoms with Crippen LogP contribution in [0.3, 0.4) is 0 Å². The van der Waals surface area contributed by atoms with Gasteiger partial charge in [0.05, 0.1) is 11.4 Å². The molecule has 2 N–H and O–H groups in total. The Balaban J connectivity index is 2.37. The number of carbonyl (C=O) groups is 1. The van der Waals surface area contributed by atoms with Gasteiger partial charge in [-0.2, -0.15) is 0 Å². The van der Waals surface area contributed by atoms with Crippen molar-refractivity contribution in [1.29, 1.82) is 0 Å². The van der Waals surface area contributed by atoms with Gasteiger partial charge >= 0.3 is 0 Å². The second kappa shape index (κ2) is 10.2. The van der Waals surface area contributed by atoms with Gasteiger partial charge in [-0.05, 0) is 49.1 Å². The van der Waals surface area contributed by atoms with Crippen molar-refractivity contribution in [2.45, 2.75) is 53.5 Å². The van der Waals surface area contributed by atoms with Crippen molar-refractivity contribution < 1.29 is 10.0 Å². The van der Waals surface area contributed by atoms with E-state index in [9.17, 15) is 4.79 Å². The van der Waals surface area contributed by atoms with Gasteiger partial charge in [-0.1, -0.05) is 34.1 Å². The van der Waals surface area contributed by atoms with Crippen molar-refractivity contribution in [3.05, 3.63) is 41.4 Å². The fourth-order valence-electron chi connectivity index (χ4n) is 3.22. The van der Waals surface area contributed by atoms with E-state index >= 15 is 0 Å². The van der Waals surface area contributed by atoms with E-state index in [1.54, 1.807) is 11.6 Å². The van der Waals surface area contributed by atoms with Gasteiger partial charge in [-0.15, -0.1) is 0 Å². The van der Waals surface area contributed by atoms with Crippen molar-refractivity contribution >= 4 is 17.6 Å². The normalized spacial score (nSPS) is 12.0. The van der Waals surface area contributed by atoms with E-state index in [4.69, 9.17) is 10.2 Å². The number of imidazole rings is 1. The molecule has 0 aliphatic carbocycles. The molecule has 1 amide bonds. The lowest BCUT2D eigenvalue weighted by atomic mass is 10.1. The maximum atomic E-state index is 11.2. The van der Waals surface area contributed by atoms with Crippen LogP contribution in [0.15, 0.2) is 24.4 Å². The molecule has 2 heterocycles. The number of unbranched alkanes of at least 4 members (excludes halogenated alkanes) is 1. The lowest BCUT2D eigenvalue weighted by Crippen LogP contribution is -2.28. The molecule has 0 aromatic carbocycles. The predicted octanol–water partition coefficient (Wildman–Crippen LogP) is 3.67. The molecule has 6 nitrogen and oxygen atoms in total. The molecule has 148 valence electrons.